The van der Waals surface area contributed by atoms with Crippen LogP contribution in [0.5, 0.6) is 0 Å². The molecule has 2 rings (SSSR count). The maximum absolute atomic E-state index is 5.70. The van der Waals surface area contributed by atoms with E-state index >= 15 is 0 Å². The third kappa shape index (κ3) is 6.42. The molecule has 0 fully saturated rings. The second-order valence-electron chi connectivity index (χ2n) is 6.06. The van der Waals surface area contributed by atoms with Gasteiger partial charge in [-0.3, -0.25) is 0 Å². The van der Waals surface area contributed by atoms with Crippen LogP contribution in [0.1, 0.15) is 61.8 Å². The molecule has 0 aliphatic rings. The van der Waals surface area contributed by atoms with Gasteiger partial charge in [-0.2, -0.15) is 0 Å². The zero-order valence-corrected chi connectivity index (χ0v) is 15.5. The lowest BCUT2D eigenvalue weighted by molar-refractivity contribution is 0.864. The molecule has 0 spiro atoms. The molecule has 0 saturated heterocycles. The van der Waals surface area contributed by atoms with Crippen LogP contribution in [0, 0.1) is 0 Å². The van der Waals surface area contributed by atoms with E-state index in [0.29, 0.717) is 23.6 Å². The predicted octanol–water partition coefficient (Wildman–Crippen LogP) is 7.10. The van der Waals surface area contributed by atoms with E-state index in [0.717, 1.165) is 0 Å². The van der Waals surface area contributed by atoms with Gasteiger partial charge < -0.3 is 0 Å². The van der Waals surface area contributed by atoms with Gasteiger partial charge in [0.1, 0.15) is 0 Å². The van der Waals surface area contributed by atoms with Gasteiger partial charge in [-0.15, -0.1) is 23.2 Å². The van der Waals surface area contributed by atoms with E-state index in [1.165, 1.54) is 22.3 Å². The summed E-state index contributed by atoms with van der Waals surface area (Å²) < 4.78 is 0. The van der Waals surface area contributed by atoms with Crippen molar-refractivity contribution < 1.29 is 0 Å². The summed E-state index contributed by atoms with van der Waals surface area (Å²) in [5.74, 6) is 2.43. The van der Waals surface area contributed by atoms with Gasteiger partial charge in [0.2, 0.25) is 0 Å². The highest BCUT2D eigenvalue weighted by Gasteiger charge is 1.98. The monoisotopic (exact) mass is 336 g/mol. The maximum atomic E-state index is 5.70. The third-order valence-electron chi connectivity index (χ3n) is 3.57. The van der Waals surface area contributed by atoms with Crippen LogP contribution in [0.3, 0.4) is 0 Å². The fourth-order valence-corrected chi connectivity index (χ4v) is 2.37. The first-order valence-electron chi connectivity index (χ1n) is 7.77. The molecule has 0 amide bonds. The van der Waals surface area contributed by atoms with Gasteiger partial charge >= 0.3 is 0 Å². The van der Waals surface area contributed by atoms with Crippen molar-refractivity contribution in [3.05, 3.63) is 70.8 Å². The van der Waals surface area contributed by atoms with E-state index in [4.69, 9.17) is 23.2 Å². The van der Waals surface area contributed by atoms with Crippen molar-refractivity contribution in [3.63, 3.8) is 0 Å². The summed E-state index contributed by atoms with van der Waals surface area (Å²) in [5, 5.41) is 0. The molecule has 0 nitrogen and oxygen atoms in total. The van der Waals surface area contributed by atoms with Crippen molar-refractivity contribution in [3.8, 4) is 0 Å². The second-order valence-corrected chi connectivity index (χ2v) is 6.60. The van der Waals surface area contributed by atoms with Crippen LogP contribution in [-0.2, 0) is 11.8 Å². The van der Waals surface area contributed by atoms with E-state index in [1.807, 2.05) is 0 Å². The molecule has 120 valence electrons. The number of hydrogen-bond acceptors (Lipinski definition) is 0. The summed E-state index contributed by atoms with van der Waals surface area (Å²) in [6.45, 7) is 8.76. The first kappa shape index (κ1) is 19.1. The number of alkyl halides is 2. The number of halogens is 2. The van der Waals surface area contributed by atoms with Gasteiger partial charge in [0, 0.05) is 11.8 Å². The van der Waals surface area contributed by atoms with Crippen LogP contribution in [0.15, 0.2) is 48.5 Å². The average molecular weight is 337 g/mol. The van der Waals surface area contributed by atoms with Crippen LogP contribution < -0.4 is 0 Å². The highest BCUT2D eigenvalue weighted by atomic mass is 35.5. The molecule has 2 heteroatoms. The van der Waals surface area contributed by atoms with E-state index in [9.17, 15) is 0 Å². The maximum Gasteiger partial charge on any atom is 0.0474 e. The summed E-state index contributed by atoms with van der Waals surface area (Å²) in [7, 11) is 0. The van der Waals surface area contributed by atoms with Crippen LogP contribution in [0.4, 0.5) is 0 Å². The van der Waals surface area contributed by atoms with Gasteiger partial charge in [0.15, 0.2) is 0 Å². The zero-order chi connectivity index (χ0) is 16.5. The fourth-order valence-electron chi connectivity index (χ4n) is 2.03. The molecule has 0 saturated carbocycles. The summed E-state index contributed by atoms with van der Waals surface area (Å²) in [6.07, 6.45) is 0. The lowest BCUT2D eigenvalue weighted by atomic mass is 10.0. The fraction of sp³-hybridized carbons (Fsp3) is 0.400. The SMILES string of the molecule is CC(C)c1ccc(CCl)cc1.CC(C)c1cccc(CCl)c1. The Kier molecular flexibility index (Phi) is 8.60. The van der Waals surface area contributed by atoms with Crippen molar-refractivity contribution in [2.24, 2.45) is 0 Å². The molecule has 0 unspecified atom stereocenters. The molecule has 2 aromatic rings. The molecule has 0 aliphatic heterocycles. The molecule has 0 atom stereocenters. The summed E-state index contributed by atoms with van der Waals surface area (Å²) in [4.78, 5) is 0. The topological polar surface area (TPSA) is 0 Å². The molecular weight excluding hydrogens is 311 g/mol. The normalized spacial score (nSPS) is 10.5. The van der Waals surface area contributed by atoms with Crippen LogP contribution in [0.2, 0.25) is 0 Å². The lowest BCUT2D eigenvalue weighted by Gasteiger charge is -2.05. The van der Waals surface area contributed by atoms with Crippen LogP contribution in [-0.4, -0.2) is 0 Å². The van der Waals surface area contributed by atoms with E-state index in [-0.39, 0.29) is 0 Å². The quantitative estimate of drug-likeness (QED) is 0.522. The third-order valence-corrected chi connectivity index (χ3v) is 4.19. The lowest BCUT2D eigenvalue weighted by Crippen LogP contribution is -1.87. The van der Waals surface area contributed by atoms with Crippen molar-refractivity contribution in [1.82, 2.24) is 0 Å². The average Bonchev–Trinajstić information content (AvgIpc) is 2.55. The number of benzene rings is 2. The minimum Gasteiger partial charge on any atom is -0.122 e. The summed E-state index contributed by atoms with van der Waals surface area (Å²) in [6, 6.07) is 16.9. The van der Waals surface area contributed by atoms with Gasteiger partial charge in [0.05, 0.1) is 0 Å². The van der Waals surface area contributed by atoms with E-state index in [2.05, 4.69) is 76.2 Å². The highest BCUT2D eigenvalue weighted by Crippen LogP contribution is 2.16. The Balaban J connectivity index is 0.000000220. The highest BCUT2D eigenvalue weighted by molar-refractivity contribution is 6.17. The van der Waals surface area contributed by atoms with Gasteiger partial charge in [-0.05, 0) is 34.1 Å². The minimum absolute atomic E-state index is 0.596. The first-order chi connectivity index (χ1) is 10.5. The Hall–Kier alpha value is -0.980. The molecule has 0 aromatic heterocycles. The largest absolute Gasteiger partial charge is 0.122 e. The second kappa shape index (κ2) is 9.92. The standard InChI is InChI=1S/2C10H13Cl/c1-8(2)10-5-3-9(7-11)4-6-10;1-8(2)10-5-3-4-9(6-10)7-11/h2*3-6,8H,7H2,1-2H3. The van der Waals surface area contributed by atoms with Crippen molar-refractivity contribution in [2.45, 2.75) is 51.3 Å². The molecule has 0 bridgehead atoms. The Bertz CT molecular complexity index is 542. The molecular formula is C20H26Cl2. The Morgan fingerprint density at radius 1 is 0.682 bits per heavy atom. The minimum atomic E-state index is 0.596. The van der Waals surface area contributed by atoms with Gasteiger partial charge in [0.25, 0.3) is 0 Å². The molecule has 22 heavy (non-hydrogen) atoms. The van der Waals surface area contributed by atoms with E-state index in [1.54, 1.807) is 0 Å². The Morgan fingerprint density at radius 3 is 1.68 bits per heavy atom. The molecule has 0 radical (unpaired) electrons. The van der Waals surface area contributed by atoms with Crippen LogP contribution in [0.25, 0.3) is 0 Å². The smallest absolute Gasteiger partial charge is 0.0474 e. The molecule has 2 aromatic carbocycles. The molecule has 0 aliphatic carbocycles. The first-order valence-corrected chi connectivity index (χ1v) is 8.84. The van der Waals surface area contributed by atoms with Gasteiger partial charge in [-0.1, -0.05) is 76.2 Å². The summed E-state index contributed by atoms with van der Waals surface area (Å²) >= 11 is 11.4. The molecule has 0 N–H and O–H groups in total. The molecule has 0 heterocycles. The Morgan fingerprint density at radius 2 is 1.23 bits per heavy atom. The predicted molar refractivity (Wildman–Crippen MR) is 100 cm³/mol. The summed E-state index contributed by atoms with van der Waals surface area (Å²) in [5.41, 5.74) is 5.14. The zero-order valence-electron chi connectivity index (χ0n) is 13.9. The van der Waals surface area contributed by atoms with Gasteiger partial charge in [-0.25, -0.2) is 0 Å². The Labute approximate surface area is 145 Å². The number of rotatable bonds is 4. The number of hydrogen-bond donors (Lipinski definition) is 0. The van der Waals surface area contributed by atoms with Crippen molar-refractivity contribution >= 4 is 23.2 Å². The van der Waals surface area contributed by atoms with Crippen molar-refractivity contribution in [2.75, 3.05) is 0 Å². The van der Waals surface area contributed by atoms with E-state index < -0.39 is 0 Å². The van der Waals surface area contributed by atoms with Crippen LogP contribution >= 0.6 is 23.2 Å². The van der Waals surface area contributed by atoms with Crippen molar-refractivity contribution in [1.29, 1.82) is 0 Å².